The molecule has 0 aromatic rings. The van der Waals surface area contributed by atoms with Gasteiger partial charge in [0, 0.05) is 91.6 Å². The topological polar surface area (TPSA) is 22.7 Å². The molecule has 49 heavy (non-hydrogen) atoms. The van der Waals surface area contributed by atoms with Crippen molar-refractivity contribution in [1.29, 1.82) is 0 Å². The van der Waals surface area contributed by atoms with Gasteiger partial charge in [-0.1, -0.05) is 0 Å². The maximum atomic E-state index is 13.6. The van der Waals surface area contributed by atoms with Gasteiger partial charge in [-0.3, -0.25) is 4.90 Å². The first-order valence-electron chi connectivity index (χ1n) is 14.3. The molecule has 0 aliphatic carbocycles. The normalized spacial score (nSPS) is 22.8. The lowest BCUT2D eigenvalue weighted by atomic mass is 10.3. The van der Waals surface area contributed by atoms with Gasteiger partial charge < -0.3 is 0 Å². The molecule has 294 valence electrons. The van der Waals surface area contributed by atoms with Crippen LogP contribution in [0.3, 0.4) is 0 Å². The van der Waals surface area contributed by atoms with Crippen molar-refractivity contribution in [3.63, 3.8) is 0 Å². The van der Waals surface area contributed by atoms with E-state index in [9.17, 15) is 83.4 Å². The van der Waals surface area contributed by atoms with E-state index in [2.05, 4.69) is 0 Å². The largest absolute Gasteiger partial charge is 0.460 e. The summed E-state index contributed by atoms with van der Waals surface area (Å²) in [7, 11) is 0. The zero-order chi connectivity index (χ0) is 38.1. The third-order valence-electron chi connectivity index (χ3n) is 7.32. The molecule has 0 aromatic carbocycles. The van der Waals surface area contributed by atoms with Crippen LogP contribution in [-0.4, -0.2) is 171 Å². The Kier molecular flexibility index (Phi) is 16.9. The monoisotopic (exact) mass is 769 g/mol. The first-order valence-corrected chi connectivity index (χ1v) is 14.3. The van der Waals surface area contributed by atoms with Crippen molar-refractivity contribution < 1.29 is 83.4 Å². The van der Waals surface area contributed by atoms with Crippen LogP contribution in [0.4, 0.5) is 83.4 Å². The molecule has 0 unspecified atom stereocenters. The molecule has 1 saturated heterocycles. The van der Waals surface area contributed by atoms with Gasteiger partial charge in [0.1, 0.15) is 6.80 Å². The van der Waals surface area contributed by atoms with Gasteiger partial charge in [-0.25, -0.2) is 33.8 Å². The van der Waals surface area contributed by atoms with E-state index in [0.717, 1.165) is 0 Å². The number of nitrogens with zero attached hydrogens (tertiary/aromatic N) is 7. The quantitative estimate of drug-likeness (QED) is 0.241. The average Bonchev–Trinajstić information content (AvgIpc) is 2.89. The molecular weight excluding hydrogens is 735 g/mol. The van der Waals surface area contributed by atoms with E-state index in [-0.39, 0.29) is 0 Å². The number of rotatable bonds is 1. The molecule has 1 rings (SSSR count). The molecule has 0 spiro atoms. The van der Waals surface area contributed by atoms with Gasteiger partial charge in [-0.2, -0.15) is 79.0 Å². The predicted octanol–water partition coefficient (Wildman–Crippen LogP) is 5.94. The van der Waals surface area contributed by atoms with Crippen molar-refractivity contribution in [3.8, 4) is 0 Å². The third-order valence-corrected chi connectivity index (χ3v) is 7.32. The van der Waals surface area contributed by atoms with E-state index in [1.165, 1.54) is 0 Å². The van der Waals surface area contributed by atoms with Gasteiger partial charge in [0.2, 0.25) is 0 Å². The summed E-state index contributed by atoms with van der Waals surface area (Å²) in [5, 5.41) is 0. The van der Waals surface area contributed by atoms with Gasteiger partial charge >= 0.3 is 37.8 Å². The van der Waals surface area contributed by atoms with Gasteiger partial charge in [0.15, 0.2) is 0 Å². The van der Waals surface area contributed by atoms with Gasteiger partial charge in [0.25, 0.3) is 0 Å². The van der Waals surface area contributed by atoms with Crippen molar-refractivity contribution in [2.45, 2.75) is 50.6 Å². The van der Waals surface area contributed by atoms with Crippen LogP contribution in [-0.2, 0) is 0 Å². The fraction of sp³-hybridized carbons (Fsp3) is 1.00. The number of halogens is 19. The van der Waals surface area contributed by atoms with E-state index < -0.39 is 178 Å². The highest BCUT2D eigenvalue weighted by atomic mass is 19.4. The molecule has 0 bridgehead atoms. The van der Waals surface area contributed by atoms with Crippen LogP contribution in [0, 0.1) is 0 Å². The van der Waals surface area contributed by atoms with Gasteiger partial charge in [-0.15, -0.1) is 0 Å². The molecule has 0 aromatic heterocycles. The second-order valence-corrected chi connectivity index (χ2v) is 10.7. The lowest BCUT2D eigenvalue weighted by molar-refractivity contribution is -0.273. The molecule has 1 fully saturated rings. The maximum Gasteiger partial charge on any atom is 0.460 e. The van der Waals surface area contributed by atoms with E-state index in [1.54, 1.807) is 0 Å². The van der Waals surface area contributed by atoms with Crippen molar-refractivity contribution in [2.24, 2.45) is 0 Å². The Balaban J connectivity index is 3.43. The van der Waals surface area contributed by atoms with Crippen molar-refractivity contribution in [2.75, 3.05) is 98.4 Å². The average molecular weight is 770 g/mol. The second kappa shape index (κ2) is 18.2. The van der Waals surface area contributed by atoms with E-state index in [4.69, 9.17) is 0 Å². The van der Waals surface area contributed by atoms with Crippen molar-refractivity contribution in [3.05, 3.63) is 0 Å². The van der Waals surface area contributed by atoms with E-state index in [0.29, 0.717) is 4.90 Å². The highest BCUT2D eigenvalue weighted by Crippen LogP contribution is 2.29. The Labute approximate surface area is 267 Å². The standard InChI is InChI=1S/C23H34F19N7/c24-17-43-7-9-48(22(37,38)39)15-13-46(20(31,32)33)5-1-3-44(18(25,26)27)11-12-45(19(28,29)30)4-2-6-47(21(34,35)36)14-16-49(10-8-43)23(40,41)42/h1-17H2. The molecule has 26 heteroatoms. The summed E-state index contributed by atoms with van der Waals surface area (Å²) < 4.78 is 257. The zero-order valence-electron chi connectivity index (χ0n) is 25.3. The fourth-order valence-corrected chi connectivity index (χ4v) is 4.58. The molecular formula is C23H34F19N7. The van der Waals surface area contributed by atoms with Crippen molar-refractivity contribution >= 4 is 0 Å². The lowest BCUT2D eigenvalue weighted by Crippen LogP contribution is -2.51. The molecule has 7 nitrogen and oxygen atoms in total. The molecule has 1 aliphatic heterocycles. The summed E-state index contributed by atoms with van der Waals surface area (Å²) >= 11 is 0. The summed E-state index contributed by atoms with van der Waals surface area (Å²) in [6, 6.07) is 0. The van der Waals surface area contributed by atoms with Crippen LogP contribution >= 0.6 is 0 Å². The Bertz CT molecular complexity index is 861. The lowest BCUT2D eigenvalue weighted by Gasteiger charge is -2.33. The molecule has 0 radical (unpaired) electrons. The Morgan fingerprint density at radius 1 is 0.265 bits per heavy atom. The van der Waals surface area contributed by atoms with E-state index in [1.807, 2.05) is 0 Å². The first kappa shape index (κ1) is 45.4. The third kappa shape index (κ3) is 17.0. The smallest absolute Gasteiger partial charge is 0.274 e. The SMILES string of the molecule is FCN1CCN(C(F)(F)F)CCN(C(F)(F)F)CCCN(C(F)(F)F)CCN(C(F)(F)F)CCCN(C(F)(F)F)CCN(C(F)(F)F)CC1. The van der Waals surface area contributed by atoms with Crippen LogP contribution in [0.1, 0.15) is 12.8 Å². The molecule has 0 amide bonds. The van der Waals surface area contributed by atoms with Crippen LogP contribution in [0.15, 0.2) is 0 Å². The first-order chi connectivity index (χ1) is 22.1. The van der Waals surface area contributed by atoms with Crippen LogP contribution < -0.4 is 0 Å². The molecule has 0 N–H and O–H groups in total. The summed E-state index contributed by atoms with van der Waals surface area (Å²) in [4.78, 5) is -3.14. The summed E-state index contributed by atoms with van der Waals surface area (Å²) in [5.41, 5.74) is 0. The number of hydrogen-bond donors (Lipinski definition) is 0. The van der Waals surface area contributed by atoms with Crippen LogP contribution in [0.5, 0.6) is 0 Å². The molecule has 1 aliphatic rings. The zero-order valence-corrected chi connectivity index (χ0v) is 25.3. The highest BCUT2D eigenvalue weighted by molar-refractivity contribution is 4.75. The Hall–Kier alpha value is -1.61. The highest BCUT2D eigenvalue weighted by Gasteiger charge is 2.45. The number of alkyl halides is 19. The van der Waals surface area contributed by atoms with Crippen LogP contribution in [0.2, 0.25) is 0 Å². The molecule has 0 atom stereocenters. The minimum atomic E-state index is -5.42. The summed E-state index contributed by atoms with van der Waals surface area (Å²) in [6.45, 7) is -20.7. The maximum absolute atomic E-state index is 13.6. The minimum absolute atomic E-state index is 0.369. The molecule has 1 heterocycles. The van der Waals surface area contributed by atoms with E-state index >= 15 is 0 Å². The fourth-order valence-electron chi connectivity index (χ4n) is 4.58. The Morgan fingerprint density at radius 2 is 0.429 bits per heavy atom. The summed E-state index contributed by atoms with van der Waals surface area (Å²) in [6.07, 6.45) is -34.5. The number of hydrogen-bond acceptors (Lipinski definition) is 7. The predicted molar refractivity (Wildman–Crippen MR) is 133 cm³/mol. The van der Waals surface area contributed by atoms with Gasteiger partial charge in [-0.05, 0) is 12.8 Å². The Morgan fingerprint density at radius 3 is 0.592 bits per heavy atom. The van der Waals surface area contributed by atoms with Crippen LogP contribution in [0.25, 0.3) is 0 Å². The minimum Gasteiger partial charge on any atom is -0.274 e. The summed E-state index contributed by atoms with van der Waals surface area (Å²) in [5.74, 6) is 0. The molecule has 0 saturated carbocycles. The van der Waals surface area contributed by atoms with Crippen molar-refractivity contribution in [1.82, 2.24) is 34.3 Å². The second-order valence-electron chi connectivity index (χ2n) is 10.7. The van der Waals surface area contributed by atoms with Gasteiger partial charge in [0.05, 0.1) is 0 Å².